The maximum Gasteiger partial charge on any atom is 0.240 e. The number of rotatable bonds is 8. The summed E-state index contributed by atoms with van der Waals surface area (Å²) in [4.78, 5) is 26.3. The molecule has 8 nitrogen and oxygen atoms in total. The quantitative estimate of drug-likeness (QED) is 0.682. The molecule has 2 N–H and O–H groups in total. The first-order valence-electron chi connectivity index (χ1n) is 9.02. The molecule has 2 aliphatic rings. The van der Waals surface area contributed by atoms with Crippen LogP contribution in [0.2, 0.25) is 0 Å². The number of hydrogen-bond acceptors (Lipinski definition) is 5. The van der Waals surface area contributed by atoms with E-state index in [2.05, 4.69) is 10.0 Å². The molecule has 0 spiro atoms. The Kier molecular flexibility index (Phi) is 5.83. The lowest BCUT2D eigenvalue weighted by Gasteiger charge is -2.15. The largest absolute Gasteiger partial charge is 0.383 e. The monoisotopic (exact) mass is 395 g/mol. The van der Waals surface area contributed by atoms with Crippen molar-refractivity contribution in [1.82, 2.24) is 9.62 Å². The summed E-state index contributed by atoms with van der Waals surface area (Å²) in [5.74, 6) is -0.539. The molecule has 2 amide bonds. The zero-order chi connectivity index (χ0) is 19.6. The van der Waals surface area contributed by atoms with Crippen molar-refractivity contribution in [2.75, 3.05) is 25.6 Å². The van der Waals surface area contributed by atoms with Gasteiger partial charge in [0.2, 0.25) is 21.8 Å². The fourth-order valence-electron chi connectivity index (χ4n) is 3.23. The van der Waals surface area contributed by atoms with E-state index in [1.807, 2.05) is 0 Å². The van der Waals surface area contributed by atoms with Gasteiger partial charge < -0.3 is 15.0 Å². The van der Waals surface area contributed by atoms with E-state index in [4.69, 9.17) is 4.74 Å². The standard InChI is InChI=1S/C18H25N3O5S/c1-12(11-26-2)20-27(24,25)16-7-3-14(4-8-16)19-18(23)13-9-17(22)21(10-13)15-5-6-15/h3-4,7-8,12-13,15,20H,5-6,9-11H2,1-2H3,(H,19,23). The lowest BCUT2D eigenvalue weighted by Crippen LogP contribution is -2.35. The summed E-state index contributed by atoms with van der Waals surface area (Å²) >= 11 is 0. The SMILES string of the molecule is COCC(C)NS(=O)(=O)c1ccc(NC(=O)C2CC(=O)N(C3CC3)C2)cc1. The summed E-state index contributed by atoms with van der Waals surface area (Å²) in [7, 11) is -2.15. The number of nitrogens with one attached hydrogen (secondary N) is 2. The normalized spacial score (nSPS) is 21.3. The van der Waals surface area contributed by atoms with Gasteiger partial charge in [0.15, 0.2) is 0 Å². The highest BCUT2D eigenvalue weighted by Gasteiger charge is 2.41. The predicted octanol–water partition coefficient (Wildman–Crippen LogP) is 0.949. The van der Waals surface area contributed by atoms with Gasteiger partial charge >= 0.3 is 0 Å². The van der Waals surface area contributed by atoms with Crippen LogP contribution in [0.4, 0.5) is 5.69 Å². The van der Waals surface area contributed by atoms with Gasteiger partial charge in [0.1, 0.15) is 0 Å². The first-order valence-corrected chi connectivity index (χ1v) is 10.5. The number of sulfonamides is 1. The van der Waals surface area contributed by atoms with Crippen LogP contribution in [0.1, 0.15) is 26.2 Å². The van der Waals surface area contributed by atoms with Gasteiger partial charge in [-0.15, -0.1) is 0 Å². The van der Waals surface area contributed by atoms with Crippen LogP contribution in [0.15, 0.2) is 29.2 Å². The van der Waals surface area contributed by atoms with Crippen LogP contribution in [0.5, 0.6) is 0 Å². The number of hydrogen-bond donors (Lipinski definition) is 2. The molecule has 1 saturated carbocycles. The molecule has 9 heteroatoms. The highest BCUT2D eigenvalue weighted by atomic mass is 32.2. The summed E-state index contributed by atoms with van der Waals surface area (Å²) in [5.41, 5.74) is 0.501. The maximum absolute atomic E-state index is 12.4. The van der Waals surface area contributed by atoms with E-state index in [9.17, 15) is 18.0 Å². The van der Waals surface area contributed by atoms with E-state index in [0.717, 1.165) is 12.8 Å². The third-order valence-electron chi connectivity index (χ3n) is 4.72. The van der Waals surface area contributed by atoms with Crippen LogP contribution in [-0.2, 0) is 24.3 Å². The number of carbonyl (C=O) groups is 2. The van der Waals surface area contributed by atoms with Crippen LogP contribution in [-0.4, -0.2) is 57.5 Å². The molecule has 0 aromatic heterocycles. The second-order valence-electron chi connectivity index (χ2n) is 7.17. The predicted molar refractivity (Wildman–Crippen MR) is 99.6 cm³/mol. The van der Waals surface area contributed by atoms with Crippen LogP contribution in [0.3, 0.4) is 0 Å². The molecule has 2 atom stereocenters. The summed E-state index contributed by atoms with van der Waals surface area (Å²) in [6, 6.07) is 5.93. The zero-order valence-electron chi connectivity index (χ0n) is 15.5. The van der Waals surface area contributed by atoms with Gasteiger partial charge in [0, 0.05) is 37.8 Å². The molecule has 1 aliphatic carbocycles. The van der Waals surface area contributed by atoms with Crippen molar-refractivity contribution in [1.29, 1.82) is 0 Å². The molecule has 1 aliphatic heterocycles. The minimum atomic E-state index is -3.65. The van der Waals surface area contributed by atoms with Gasteiger partial charge in [-0.05, 0) is 44.0 Å². The first-order chi connectivity index (χ1) is 12.8. The molecule has 2 unspecified atom stereocenters. The minimum Gasteiger partial charge on any atom is -0.383 e. The molecule has 1 saturated heterocycles. The molecule has 2 fully saturated rings. The highest BCUT2D eigenvalue weighted by molar-refractivity contribution is 7.89. The third kappa shape index (κ3) is 4.85. The van der Waals surface area contributed by atoms with E-state index >= 15 is 0 Å². The summed E-state index contributed by atoms with van der Waals surface area (Å²) < 4.78 is 32.1. The van der Waals surface area contributed by atoms with Gasteiger partial charge in [-0.3, -0.25) is 9.59 Å². The Labute approximate surface area is 159 Å². The second-order valence-corrected chi connectivity index (χ2v) is 8.88. The van der Waals surface area contributed by atoms with Crippen molar-refractivity contribution in [3.05, 3.63) is 24.3 Å². The molecular formula is C18H25N3O5S. The number of benzene rings is 1. The fraction of sp³-hybridized carbons (Fsp3) is 0.556. The molecular weight excluding hydrogens is 370 g/mol. The number of ether oxygens (including phenoxy) is 1. The number of methoxy groups -OCH3 is 1. The van der Waals surface area contributed by atoms with E-state index in [0.29, 0.717) is 18.3 Å². The Morgan fingerprint density at radius 1 is 1.30 bits per heavy atom. The van der Waals surface area contributed by atoms with Gasteiger partial charge in [-0.25, -0.2) is 13.1 Å². The van der Waals surface area contributed by atoms with Crippen LogP contribution >= 0.6 is 0 Å². The average Bonchev–Trinajstić information content (AvgIpc) is 3.37. The van der Waals surface area contributed by atoms with Crippen molar-refractivity contribution in [2.24, 2.45) is 5.92 Å². The van der Waals surface area contributed by atoms with Crippen molar-refractivity contribution >= 4 is 27.5 Å². The number of nitrogens with zero attached hydrogens (tertiary/aromatic N) is 1. The van der Waals surface area contributed by atoms with Gasteiger partial charge in [-0.2, -0.15) is 0 Å². The Morgan fingerprint density at radius 3 is 2.56 bits per heavy atom. The molecule has 148 valence electrons. The zero-order valence-corrected chi connectivity index (χ0v) is 16.3. The maximum atomic E-state index is 12.4. The molecule has 1 heterocycles. The number of amides is 2. The van der Waals surface area contributed by atoms with Crippen LogP contribution in [0.25, 0.3) is 0 Å². The topological polar surface area (TPSA) is 105 Å². The van der Waals surface area contributed by atoms with Gasteiger partial charge in [0.05, 0.1) is 17.4 Å². The number of anilines is 1. The molecule has 1 aromatic carbocycles. The number of carbonyl (C=O) groups excluding carboxylic acids is 2. The summed E-state index contributed by atoms with van der Waals surface area (Å²) in [6.07, 6.45) is 2.27. The van der Waals surface area contributed by atoms with Crippen molar-refractivity contribution in [2.45, 2.75) is 43.2 Å². The van der Waals surface area contributed by atoms with E-state index in [1.54, 1.807) is 24.0 Å². The van der Waals surface area contributed by atoms with E-state index < -0.39 is 10.0 Å². The second kappa shape index (κ2) is 7.95. The van der Waals surface area contributed by atoms with E-state index in [1.165, 1.54) is 19.2 Å². The summed E-state index contributed by atoms with van der Waals surface area (Å²) in [5, 5.41) is 2.77. The molecule has 1 aromatic rings. The average molecular weight is 395 g/mol. The Bertz CT molecular complexity index is 805. The van der Waals surface area contributed by atoms with Crippen molar-refractivity contribution in [3.8, 4) is 0 Å². The molecule has 0 radical (unpaired) electrons. The Hall–Kier alpha value is -1.97. The van der Waals surface area contributed by atoms with Crippen molar-refractivity contribution < 1.29 is 22.7 Å². The summed E-state index contributed by atoms with van der Waals surface area (Å²) in [6.45, 7) is 2.44. The van der Waals surface area contributed by atoms with E-state index in [-0.39, 0.29) is 41.7 Å². The van der Waals surface area contributed by atoms with Gasteiger partial charge in [-0.1, -0.05) is 0 Å². The fourth-order valence-corrected chi connectivity index (χ4v) is 4.45. The van der Waals surface area contributed by atoms with Crippen LogP contribution < -0.4 is 10.0 Å². The Morgan fingerprint density at radius 2 is 1.96 bits per heavy atom. The highest BCUT2D eigenvalue weighted by Crippen LogP contribution is 2.33. The Balaban J connectivity index is 1.59. The smallest absolute Gasteiger partial charge is 0.240 e. The lowest BCUT2D eigenvalue weighted by atomic mass is 10.1. The minimum absolute atomic E-state index is 0.0374. The molecule has 3 rings (SSSR count). The number of likely N-dealkylation sites (tertiary alicyclic amines) is 1. The first kappa shape index (κ1) is 19.8. The third-order valence-corrected chi connectivity index (χ3v) is 6.33. The molecule has 27 heavy (non-hydrogen) atoms. The van der Waals surface area contributed by atoms with Crippen molar-refractivity contribution in [3.63, 3.8) is 0 Å². The lowest BCUT2D eigenvalue weighted by molar-refractivity contribution is -0.128. The van der Waals surface area contributed by atoms with Gasteiger partial charge in [0.25, 0.3) is 0 Å². The molecule has 0 bridgehead atoms. The van der Waals surface area contributed by atoms with Crippen LogP contribution in [0, 0.1) is 5.92 Å².